The molecule has 54 heavy (non-hydrogen) atoms. The molecule has 0 unspecified atom stereocenters. The summed E-state index contributed by atoms with van der Waals surface area (Å²) in [6, 6.07) is 21.5. The van der Waals surface area contributed by atoms with Crippen LogP contribution in [0.2, 0.25) is 0 Å². The molecule has 15 nitrogen and oxygen atoms in total. The number of carbonyl (C=O) groups is 3. The lowest BCUT2D eigenvalue weighted by Gasteiger charge is -2.15. The number of aromatic hydroxyl groups is 2. The molecule has 0 aliphatic carbocycles. The average Bonchev–Trinajstić information content (AvgIpc) is 3.11. The predicted molar refractivity (Wildman–Crippen MR) is 202 cm³/mol. The zero-order valence-electron chi connectivity index (χ0n) is 28.2. The highest BCUT2D eigenvalue weighted by Gasteiger charge is 2.21. The number of nitrogens with one attached hydrogen (secondary N) is 4. The molecule has 0 bridgehead atoms. The van der Waals surface area contributed by atoms with Gasteiger partial charge in [0.2, 0.25) is 0 Å². The van der Waals surface area contributed by atoms with Crippen molar-refractivity contribution in [2.75, 3.05) is 21.3 Å². The molecule has 0 fully saturated rings. The van der Waals surface area contributed by atoms with Crippen molar-refractivity contribution in [3.63, 3.8) is 0 Å². The first-order valence-electron chi connectivity index (χ1n) is 15.8. The minimum atomic E-state index is -4.58. The summed E-state index contributed by atoms with van der Waals surface area (Å²) < 4.78 is 66.2. The summed E-state index contributed by atoms with van der Waals surface area (Å²) in [7, 11) is -9.16. The second-order valence-electron chi connectivity index (χ2n) is 12.1. The van der Waals surface area contributed by atoms with Gasteiger partial charge < -0.3 is 31.5 Å². The summed E-state index contributed by atoms with van der Waals surface area (Å²) in [5, 5.41) is 32.3. The zero-order chi connectivity index (χ0) is 39.1. The highest BCUT2D eigenvalue weighted by Crippen LogP contribution is 2.37. The Labute approximate surface area is 307 Å². The maximum atomic E-state index is 13.3. The third kappa shape index (κ3) is 7.50. The highest BCUT2D eigenvalue weighted by molar-refractivity contribution is 7.86. The van der Waals surface area contributed by atoms with E-state index in [1.807, 2.05) is 0 Å². The van der Waals surface area contributed by atoms with Crippen LogP contribution >= 0.6 is 0 Å². The van der Waals surface area contributed by atoms with Crippen molar-refractivity contribution >= 4 is 82.4 Å². The summed E-state index contributed by atoms with van der Waals surface area (Å²) >= 11 is 0. The van der Waals surface area contributed by atoms with Gasteiger partial charge in [0.1, 0.15) is 21.3 Å². The number of phenols is 2. The fourth-order valence-electron chi connectivity index (χ4n) is 5.84. The van der Waals surface area contributed by atoms with Gasteiger partial charge in [0.05, 0.1) is 11.4 Å². The largest absolute Gasteiger partial charge is 0.505 e. The standard InChI is InChI=1S/C37H30N4O11S2/c1-19-9-11-21(17-27(19)35(44)40-29-15-13-23-25(33(29)42)5-3-7-31(23)53(47,48)49)38-37(46)39-22-12-10-20(2)28(18-22)36(45)41-30-16-14-24-26(34(30)43)6-4-8-32(24)54(50,51)52/h3-18,42-43H,1-2H3,(H,40,44)(H,41,45)(H2,38,39,46)(H,47,48,49)(H,50,51,52). The molecule has 276 valence electrons. The van der Waals surface area contributed by atoms with E-state index >= 15 is 0 Å². The van der Waals surface area contributed by atoms with Crippen LogP contribution in [0.3, 0.4) is 0 Å². The molecule has 0 saturated carbocycles. The zero-order valence-corrected chi connectivity index (χ0v) is 29.8. The van der Waals surface area contributed by atoms with E-state index in [-0.39, 0.29) is 55.4 Å². The summed E-state index contributed by atoms with van der Waals surface area (Å²) in [6.45, 7) is 3.31. The quantitative estimate of drug-likeness (QED) is 0.0600. The van der Waals surface area contributed by atoms with E-state index in [0.29, 0.717) is 11.1 Å². The Morgan fingerprint density at radius 3 is 1.26 bits per heavy atom. The number of urea groups is 1. The first-order chi connectivity index (χ1) is 25.4. The van der Waals surface area contributed by atoms with Gasteiger partial charge in [0.25, 0.3) is 32.1 Å². The van der Waals surface area contributed by atoms with Crippen molar-refractivity contribution in [3.8, 4) is 11.5 Å². The van der Waals surface area contributed by atoms with Crippen molar-refractivity contribution in [1.29, 1.82) is 0 Å². The Balaban J connectivity index is 1.16. The summed E-state index contributed by atoms with van der Waals surface area (Å²) in [4.78, 5) is 38.8. The number of anilines is 4. The summed E-state index contributed by atoms with van der Waals surface area (Å²) in [5.74, 6) is -2.15. The first-order valence-corrected chi connectivity index (χ1v) is 18.7. The van der Waals surface area contributed by atoms with Gasteiger partial charge in [-0.05, 0) is 73.5 Å². The lowest BCUT2D eigenvalue weighted by molar-refractivity contribution is 0.101. The van der Waals surface area contributed by atoms with Gasteiger partial charge in [-0.3, -0.25) is 18.7 Å². The topological polar surface area (TPSA) is 249 Å². The maximum absolute atomic E-state index is 13.3. The second kappa shape index (κ2) is 14.1. The Morgan fingerprint density at radius 2 is 0.889 bits per heavy atom. The molecule has 0 atom stereocenters. The minimum Gasteiger partial charge on any atom is -0.505 e. The van der Waals surface area contributed by atoms with Crippen LogP contribution in [0.5, 0.6) is 11.5 Å². The molecule has 6 rings (SSSR count). The van der Waals surface area contributed by atoms with E-state index < -0.39 is 59.4 Å². The predicted octanol–water partition coefficient (Wildman–Crippen LogP) is 6.66. The third-order valence-electron chi connectivity index (χ3n) is 8.52. The van der Waals surface area contributed by atoms with E-state index in [4.69, 9.17) is 0 Å². The molecule has 0 aliphatic rings. The molecule has 8 N–H and O–H groups in total. The van der Waals surface area contributed by atoms with Gasteiger partial charge >= 0.3 is 6.03 Å². The molecule has 0 saturated heterocycles. The number of hydrogen-bond donors (Lipinski definition) is 8. The average molecular weight is 771 g/mol. The Morgan fingerprint density at radius 1 is 0.500 bits per heavy atom. The van der Waals surface area contributed by atoms with Crippen molar-refractivity contribution in [2.24, 2.45) is 0 Å². The molecular formula is C37H30N4O11S2. The van der Waals surface area contributed by atoms with Gasteiger partial charge in [0, 0.05) is 44.0 Å². The SMILES string of the molecule is Cc1ccc(NC(=O)Nc2ccc(C)c(C(=O)Nc3ccc4c(S(=O)(=O)O)cccc4c3O)c2)cc1C(=O)Nc1ccc2c(S(=O)(=O)O)cccc2c1O. The van der Waals surface area contributed by atoms with Crippen molar-refractivity contribution in [1.82, 2.24) is 0 Å². The fraction of sp³-hybridized carbons (Fsp3) is 0.0541. The molecule has 17 heteroatoms. The fourth-order valence-corrected chi connectivity index (χ4v) is 7.25. The van der Waals surface area contributed by atoms with Crippen molar-refractivity contribution in [2.45, 2.75) is 23.6 Å². The number of aryl methyl sites for hydroxylation is 2. The van der Waals surface area contributed by atoms with E-state index in [0.717, 1.165) is 0 Å². The number of fused-ring (bicyclic) bond motifs is 2. The van der Waals surface area contributed by atoms with Crippen LogP contribution in [0.1, 0.15) is 31.8 Å². The molecule has 0 radical (unpaired) electrons. The van der Waals surface area contributed by atoms with Crippen LogP contribution in [0, 0.1) is 13.8 Å². The van der Waals surface area contributed by atoms with Crippen LogP contribution in [0.15, 0.2) is 107 Å². The van der Waals surface area contributed by atoms with E-state index in [1.165, 1.54) is 72.8 Å². The first kappa shape index (κ1) is 37.2. The molecule has 0 heterocycles. The lowest BCUT2D eigenvalue weighted by Crippen LogP contribution is -2.21. The van der Waals surface area contributed by atoms with E-state index in [2.05, 4.69) is 21.3 Å². The number of benzene rings is 6. The van der Waals surface area contributed by atoms with Gasteiger partial charge in [-0.15, -0.1) is 0 Å². The van der Waals surface area contributed by atoms with Gasteiger partial charge in [0.15, 0.2) is 0 Å². The molecule has 0 aliphatic heterocycles. The van der Waals surface area contributed by atoms with Crippen molar-refractivity contribution < 1.29 is 50.5 Å². The van der Waals surface area contributed by atoms with Crippen LogP contribution in [0.4, 0.5) is 27.5 Å². The van der Waals surface area contributed by atoms with E-state index in [9.17, 15) is 50.5 Å². The normalized spacial score (nSPS) is 11.6. The van der Waals surface area contributed by atoms with Crippen LogP contribution in [0.25, 0.3) is 21.5 Å². The minimum absolute atomic E-state index is 0.0307. The second-order valence-corrected chi connectivity index (χ2v) is 14.9. The number of amides is 4. The molecule has 6 aromatic carbocycles. The van der Waals surface area contributed by atoms with Gasteiger partial charge in [-0.25, -0.2) is 4.79 Å². The van der Waals surface area contributed by atoms with Crippen LogP contribution in [-0.2, 0) is 20.2 Å². The molecule has 4 amide bonds. The van der Waals surface area contributed by atoms with Crippen LogP contribution < -0.4 is 21.3 Å². The number of carbonyl (C=O) groups excluding carboxylic acids is 3. The van der Waals surface area contributed by atoms with Gasteiger partial charge in [-0.1, -0.05) is 48.5 Å². The lowest BCUT2D eigenvalue weighted by atomic mass is 10.1. The maximum Gasteiger partial charge on any atom is 0.323 e. The van der Waals surface area contributed by atoms with Gasteiger partial charge in [-0.2, -0.15) is 16.8 Å². The monoisotopic (exact) mass is 770 g/mol. The Bertz CT molecular complexity index is 2600. The Kier molecular flexibility index (Phi) is 9.74. The molecule has 0 aromatic heterocycles. The highest BCUT2D eigenvalue weighted by atomic mass is 32.2. The number of rotatable bonds is 8. The summed E-state index contributed by atoms with van der Waals surface area (Å²) in [6.07, 6.45) is 0. The Hall–Kier alpha value is -6.53. The molecule has 0 spiro atoms. The number of hydrogen-bond acceptors (Lipinski definition) is 9. The number of phenolic OH excluding ortho intramolecular Hbond substituents is 2. The summed E-state index contributed by atoms with van der Waals surface area (Å²) in [5.41, 5.74) is 1.71. The van der Waals surface area contributed by atoms with E-state index in [1.54, 1.807) is 38.1 Å². The smallest absolute Gasteiger partial charge is 0.323 e. The molecular weight excluding hydrogens is 741 g/mol. The third-order valence-corrected chi connectivity index (χ3v) is 10.3. The van der Waals surface area contributed by atoms with Crippen molar-refractivity contribution in [3.05, 3.63) is 119 Å². The molecule has 6 aromatic rings. The van der Waals surface area contributed by atoms with Crippen LogP contribution in [-0.4, -0.2) is 54.0 Å².